The first-order chi connectivity index (χ1) is 7.83. The first kappa shape index (κ1) is 10.6. The van der Waals surface area contributed by atoms with Gasteiger partial charge < -0.3 is 10.5 Å². The molecule has 0 unspecified atom stereocenters. The second-order valence-corrected chi connectivity index (χ2v) is 3.42. The topological polar surface area (TPSA) is 66.0 Å². The van der Waals surface area contributed by atoms with E-state index in [-0.39, 0.29) is 0 Å². The van der Waals surface area contributed by atoms with Gasteiger partial charge >= 0.3 is 0 Å². The van der Waals surface area contributed by atoms with Crippen molar-refractivity contribution in [1.29, 1.82) is 0 Å². The van der Waals surface area contributed by atoms with Crippen molar-refractivity contribution >= 4 is 0 Å². The number of methoxy groups -OCH3 is 1. The predicted molar refractivity (Wildman–Crippen MR) is 60.0 cm³/mol. The summed E-state index contributed by atoms with van der Waals surface area (Å²) in [6.45, 7) is 1.14. The molecule has 0 aromatic carbocycles. The van der Waals surface area contributed by atoms with E-state index in [1.54, 1.807) is 19.5 Å². The molecule has 0 saturated heterocycles. The smallest absolute Gasteiger partial charge is 0.218 e. The van der Waals surface area contributed by atoms with E-state index in [1.165, 1.54) is 0 Å². The summed E-state index contributed by atoms with van der Waals surface area (Å²) in [4.78, 5) is 4.13. The first-order valence-corrected chi connectivity index (χ1v) is 5.02. The van der Waals surface area contributed by atoms with E-state index < -0.39 is 0 Å². The van der Waals surface area contributed by atoms with Crippen LogP contribution in [-0.4, -0.2) is 21.9 Å². The lowest BCUT2D eigenvalue weighted by Gasteiger charge is -2.06. The second kappa shape index (κ2) is 4.76. The maximum absolute atomic E-state index is 5.52. The number of ether oxygens (including phenoxy) is 1. The fourth-order valence-electron chi connectivity index (χ4n) is 1.50. The fourth-order valence-corrected chi connectivity index (χ4v) is 1.50. The van der Waals surface area contributed by atoms with Crippen molar-refractivity contribution in [2.75, 3.05) is 7.11 Å². The van der Waals surface area contributed by atoms with Crippen LogP contribution < -0.4 is 10.5 Å². The zero-order chi connectivity index (χ0) is 11.4. The quantitative estimate of drug-likeness (QED) is 0.824. The Bertz CT molecular complexity index is 467. The highest BCUT2D eigenvalue weighted by Gasteiger charge is 2.04. The Balaban J connectivity index is 2.19. The molecule has 5 heteroatoms. The van der Waals surface area contributed by atoms with Gasteiger partial charge in [-0.1, -0.05) is 6.07 Å². The van der Waals surface area contributed by atoms with Gasteiger partial charge in [-0.3, -0.25) is 4.68 Å². The van der Waals surface area contributed by atoms with E-state index in [9.17, 15) is 0 Å². The van der Waals surface area contributed by atoms with Crippen LogP contribution >= 0.6 is 0 Å². The maximum Gasteiger partial charge on any atom is 0.218 e. The first-order valence-electron chi connectivity index (χ1n) is 5.02. The van der Waals surface area contributed by atoms with E-state index in [4.69, 9.17) is 10.5 Å². The minimum absolute atomic E-state index is 0.504. The Morgan fingerprint density at radius 3 is 3.06 bits per heavy atom. The van der Waals surface area contributed by atoms with Crippen LogP contribution in [0.15, 0.2) is 30.7 Å². The molecule has 0 bridgehead atoms. The molecule has 0 saturated carbocycles. The molecule has 0 aliphatic carbocycles. The van der Waals surface area contributed by atoms with Gasteiger partial charge in [-0.05, 0) is 6.07 Å². The van der Waals surface area contributed by atoms with E-state index in [0.29, 0.717) is 19.0 Å². The van der Waals surface area contributed by atoms with Crippen molar-refractivity contribution in [2.24, 2.45) is 5.73 Å². The second-order valence-electron chi connectivity index (χ2n) is 3.42. The van der Waals surface area contributed by atoms with Gasteiger partial charge in [0.25, 0.3) is 0 Å². The molecule has 16 heavy (non-hydrogen) atoms. The molecule has 0 spiro atoms. The third-order valence-corrected chi connectivity index (χ3v) is 2.30. The van der Waals surface area contributed by atoms with Crippen molar-refractivity contribution in [1.82, 2.24) is 14.8 Å². The lowest BCUT2D eigenvalue weighted by molar-refractivity contribution is 0.390. The van der Waals surface area contributed by atoms with Crippen LogP contribution in [0.4, 0.5) is 0 Å². The zero-order valence-corrected chi connectivity index (χ0v) is 9.13. The molecule has 0 fully saturated rings. The molecule has 0 aliphatic rings. The highest BCUT2D eigenvalue weighted by molar-refractivity contribution is 5.25. The largest absolute Gasteiger partial charge is 0.481 e. The lowest BCUT2D eigenvalue weighted by Crippen LogP contribution is -2.03. The van der Waals surface area contributed by atoms with Crippen molar-refractivity contribution < 1.29 is 4.74 Å². The van der Waals surface area contributed by atoms with Gasteiger partial charge in [-0.15, -0.1) is 0 Å². The number of nitrogens with zero attached hydrogens (tertiary/aromatic N) is 3. The molecule has 0 amide bonds. The number of hydrogen-bond acceptors (Lipinski definition) is 4. The molecule has 2 heterocycles. The van der Waals surface area contributed by atoms with Gasteiger partial charge in [0.05, 0.1) is 19.9 Å². The van der Waals surface area contributed by atoms with E-state index in [1.807, 2.05) is 23.0 Å². The molecular weight excluding hydrogens is 204 g/mol. The monoisotopic (exact) mass is 218 g/mol. The molecule has 2 aromatic heterocycles. The Labute approximate surface area is 93.9 Å². The van der Waals surface area contributed by atoms with Crippen molar-refractivity contribution in [3.63, 3.8) is 0 Å². The van der Waals surface area contributed by atoms with Crippen LogP contribution in [0.2, 0.25) is 0 Å². The normalized spacial score (nSPS) is 10.4. The molecular formula is C11H14N4O. The number of nitrogens with two attached hydrogens (primary N) is 1. The predicted octanol–water partition coefficient (Wildman–Crippen LogP) is 0.794. The van der Waals surface area contributed by atoms with E-state index in [0.717, 1.165) is 11.1 Å². The summed E-state index contributed by atoms with van der Waals surface area (Å²) < 4.78 is 6.99. The summed E-state index contributed by atoms with van der Waals surface area (Å²) in [5.41, 5.74) is 7.54. The van der Waals surface area contributed by atoms with Gasteiger partial charge in [-0.25, -0.2) is 4.98 Å². The summed E-state index contributed by atoms with van der Waals surface area (Å²) in [5, 5.41) is 4.21. The maximum atomic E-state index is 5.52. The average molecular weight is 218 g/mol. The Hall–Kier alpha value is -1.88. The Kier molecular flexibility index (Phi) is 3.16. The number of aromatic nitrogens is 3. The van der Waals surface area contributed by atoms with Gasteiger partial charge in [0.2, 0.25) is 5.88 Å². The van der Waals surface area contributed by atoms with Gasteiger partial charge in [-0.2, -0.15) is 5.10 Å². The summed E-state index contributed by atoms with van der Waals surface area (Å²) in [6, 6.07) is 3.85. The summed E-state index contributed by atoms with van der Waals surface area (Å²) in [6.07, 6.45) is 5.39. The SMILES string of the molecule is COc1ncccc1Cn1cc(CN)cn1. The van der Waals surface area contributed by atoms with E-state index in [2.05, 4.69) is 10.1 Å². The van der Waals surface area contributed by atoms with Crippen LogP contribution in [0.25, 0.3) is 0 Å². The molecule has 0 aliphatic heterocycles. The molecule has 2 N–H and O–H groups in total. The van der Waals surface area contributed by atoms with Crippen molar-refractivity contribution in [2.45, 2.75) is 13.1 Å². The number of rotatable bonds is 4. The molecule has 84 valence electrons. The van der Waals surface area contributed by atoms with Crippen LogP contribution in [-0.2, 0) is 13.1 Å². The van der Waals surface area contributed by atoms with Crippen LogP contribution in [0.3, 0.4) is 0 Å². The lowest BCUT2D eigenvalue weighted by atomic mass is 10.2. The fraction of sp³-hybridized carbons (Fsp3) is 0.273. The summed E-state index contributed by atoms with van der Waals surface area (Å²) in [5.74, 6) is 0.632. The average Bonchev–Trinajstić information content (AvgIpc) is 2.77. The minimum Gasteiger partial charge on any atom is -0.481 e. The molecule has 0 radical (unpaired) electrons. The highest BCUT2D eigenvalue weighted by Crippen LogP contribution is 2.14. The Morgan fingerprint density at radius 1 is 1.50 bits per heavy atom. The van der Waals surface area contributed by atoms with Gasteiger partial charge in [0, 0.05) is 30.1 Å². The zero-order valence-electron chi connectivity index (χ0n) is 9.13. The summed E-state index contributed by atoms with van der Waals surface area (Å²) >= 11 is 0. The summed E-state index contributed by atoms with van der Waals surface area (Å²) in [7, 11) is 1.61. The Morgan fingerprint density at radius 2 is 2.38 bits per heavy atom. The van der Waals surface area contributed by atoms with Crippen LogP contribution in [0.5, 0.6) is 5.88 Å². The third-order valence-electron chi connectivity index (χ3n) is 2.30. The van der Waals surface area contributed by atoms with Gasteiger partial charge in [0.1, 0.15) is 0 Å². The highest BCUT2D eigenvalue weighted by atomic mass is 16.5. The van der Waals surface area contributed by atoms with Crippen LogP contribution in [0, 0.1) is 0 Å². The number of hydrogen-bond donors (Lipinski definition) is 1. The minimum atomic E-state index is 0.504. The molecule has 2 rings (SSSR count). The van der Waals surface area contributed by atoms with Gasteiger partial charge in [0.15, 0.2) is 0 Å². The van der Waals surface area contributed by atoms with E-state index >= 15 is 0 Å². The molecule has 2 aromatic rings. The molecule has 0 atom stereocenters. The van der Waals surface area contributed by atoms with Crippen LogP contribution in [0.1, 0.15) is 11.1 Å². The van der Waals surface area contributed by atoms with Crippen molar-refractivity contribution in [3.05, 3.63) is 41.9 Å². The third kappa shape index (κ3) is 2.20. The molecule has 5 nitrogen and oxygen atoms in total. The van der Waals surface area contributed by atoms with Crippen molar-refractivity contribution in [3.8, 4) is 5.88 Å². The number of pyridine rings is 1. The standard InChI is InChI=1S/C11H14N4O/c1-16-11-10(3-2-4-13-11)8-15-7-9(5-12)6-14-15/h2-4,6-7H,5,8,12H2,1H3.